The van der Waals surface area contributed by atoms with Crippen LogP contribution in [0.4, 0.5) is 0 Å². The number of halogens is 2. The summed E-state index contributed by atoms with van der Waals surface area (Å²) in [4.78, 5) is 8.21. The van der Waals surface area contributed by atoms with Crippen molar-refractivity contribution in [3.8, 4) is 0 Å². The molecule has 1 fully saturated rings. The fourth-order valence-electron chi connectivity index (χ4n) is 2.43. The first-order valence-electron chi connectivity index (χ1n) is 7.50. The Kier molecular flexibility index (Phi) is 9.70. The zero-order valence-electron chi connectivity index (χ0n) is 13.2. The second-order valence-electron chi connectivity index (χ2n) is 5.30. The summed E-state index contributed by atoms with van der Waals surface area (Å²) < 4.78 is 6.29. The van der Waals surface area contributed by atoms with Gasteiger partial charge in [-0.25, -0.2) is 0 Å². The first-order chi connectivity index (χ1) is 10.2. The smallest absolute Gasteiger partial charge is 0.193 e. The Morgan fingerprint density at radius 3 is 2.95 bits per heavy atom. The third-order valence-corrected chi connectivity index (χ3v) is 4.79. The first-order valence-corrected chi connectivity index (χ1v) is 8.70. The van der Waals surface area contributed by atoms with Gasteiger partial charge < -0.3 is 15.0 Å². The molecule has 1 aliphatic rings. The summed E-state index contributed by atoms with van der Waals surface area (Å²) in [5.74, 6) is 1.60. The summed E-state index contributed by atoms with van der Waals surface area (Å²) in [7, 11) is 2.10. The summed E-state index contributed by atoms with van der Waals surface area (Å²) in [5.41, 5.74) is 0. The van der Waals surface area contributed by atoms with Gasteiger partial charge in [-0.15, -0.1) is 35.3 Å². The van der Waals surface area contributed by atoms with E-state index in [9.17, 15) is 0 Å². The largest absolute Gasteiger partial charge is 0.381 e. The van der Waals surface area contributed by atoms with Crippen LogP contribution in [0.15, 0.2) is 17.1 Å². The van der Waals surface area contributed by atoms with Crippen molar-refractivity contribution in [3.05, 3.63) is 21.3 Å². The number of nitrogens with one attached hydrogen (secondary N) is 1. The number of hydrogen-bond acceptors (Lipinski definition) is 3. The average Bonchev–Trinajstić information content (AvgIpc) is 3.09. The predicted molar refractivity (Wildman–Crippen MR) is 106 cm³/mol. The van der Waals surface area contributed by atoms with E-state index in [1.807, 2.05) is 6.07 Å². The van der Waals surface area contributed by atoms with Crippen LogP contribution in [-0.4, -0.2) is 50.8 Å². The molecule has 2 heterocycles. The summed E-state index contributed by atoms with van der Waals surface area (Å²) in [6, 6.07) is 4.03. The minimum Gasteiger partial charge on any atom is -0.381 e. The van der Waals surface area contributed by atoms with E-state index in [1.54, 1.807) is 11.3 Å². The fourth-order valence-corrected chi connectivity index (χ4v) is 3.51. The van der Waals surface area contributed by atoms with Crippen molar-refractivity contribution in [2.45, 2.75) is 19.8 Å². The van der Waals surface area contributed by atoms with Crippen LogP contribution in [0.3, 0.4) is 0 Å². The van der Waals surface area contributed by atoms with Crippen LogP contribution in [0.2, 0.25) is 4.34 Å². The molecule has 4 nitrogen and oxygen atoms in total. The zero-order valence-corrected chi connectivity index (χ0v) is 17.1. The van der Waals surface area contributed by atoms with E-state index in [1.165, 1.54) is 4.88 Å². The number of rotatable bonds is 6. The molecule has 0 amide bonds. The number of ether oxygens (including phenoxy) is 1. The van der Waals surface area contributed by atoms with E-state index in [0.717, 1.165) is 56.0 Å². The highest BCUT2D eigenvalue weighted by molar-refractivity contribution is 14.0. The zero-order chi connectivity index (χ0) is 15.1. The number of aliphatic imine (C=N–C) groups is 1. The van der Waals surface area contributed by atoms with E-state index < -0.39 is 0 Å². The molecule has 1 aliphatic heterocycles. The van der Waals surface area contributed by atoms with Crippen molar-refractivity contribution in [2.24, 2.45) is 10.9 Å². The van der Waals surface area contributed by atoms with Gasteiger partial charge in [-0.1, -0.05) is 11.6 Å². The van der Waals surface area contributed by atoms with Crippen LogP contribution in [0.25, 0.3) is 0 Å². The van der Waals surface area contributed by atoms with E-state index in [2.05, 4.69) is 30.3 Å². The SMILES string of the molecule is CCNC(=NCCc1ccc(Cl)s1)N(C)CC1CCOC1.I. The summed E-state index contributed by atoms with van der Waals surface area (Å²) in [6.07, 6.45) is 2.09. The van der Waals surface area contributed by atoms with Gasteiger partial charge in [-0.05, 0) is 25.5 Å². The summed E-state index contributed by atoms with van der Waals surface area (Å²) in [6.45, 7) is 6.53. The van der Waals surface area contributed by atoms with Gasteiger partial charge in [0.2, 0.25) is 0 Å². The molecule has 1 N–H and O–H groups in total. The molecular formula is C15H25ClIN3OS. The van der Waals surface area contributed by atoms with Gasteiger partial charge in [0.15, 0.2) is 5.96 Å². The molecule has 0 bridgehead atoms. The molecule has 0 radical (unpaired) electrons. The van der Waals surface area contributed by atoms with Gasteiger partial charge in [0.25, 0.3) is 0 Å². The fraction of sp³-hybridized carbons (Fsp3) is 0.667. The molecule has 1 unspecified atom stereocenters. The van der Waals surface area contributed by atoms with Crippen LogP contribution >= 0.6 is 46.9 Å². The van der Waals surface area contributed by atoms with E-state index in [0.29, 0.717) is 5.92 Å². The van der Waals surface area contributed by atoms with Gasteiger partial charge in [-0.3, -0.25) is 4.99 Å². The Hall–Kier alpha value is -0.0500. The lowest BCUT2D eigenvalue weighted by atomic mass is 10.1. The molecule has 0 aliphatic carbocycles. The van der Waals surface area contributed by atoms with E-state index in [-0.39, 0.29) is 24.0 Å². The van der Waals surface area contributed by atoms with Gasteiger partial charge in [0.1, 0.15) is 0 Å². The van der Waals surface area contributed by atoms with Crippen molar-refractivity contribution in [1.82, 2.24) is 10.2 Å². The molecule has 126 valence electrons. The lowest BCUT2D eigenvalue weighted by Gasteiger charge is -2.24. The molecule has 0 saturated carbocycles. The van der Waals surface area contributed by atoms with Gasteiger partial charge in [0, 0.05) is 50.5 Å². The maximum absolute atomic E-state index is 5.95. The predicted octanol–water partition coefficient (Wildman–Crippen LogP) is 3.50. The highest BCUT2D eigenvalue weighted by Crippen LogP contribution is 2.21. The molecule has 0 spiro atoms. The normalized spacial score (nSPS) is 18.1. The Balaban J connectivity index is 0.00000242. The monoisotopic (exact) mass is 457 g/mol. The van der Waals surface area contributed by atoms with Crippen molar-refractivity contribution < 1.29 is 4.74 Å². The second kappa shape index (κ2) is 10.7. The summed E-state index contributed by atoms with van der Waals surface area (Å²) >= 11 is 7.58. The van der Waals surface area contributed by atoms with Crippen LogP contribution in [0.5, 0.6) is 0 Å². The molecule has 1 aromatic heterocycles. The second-order valence-corrected chi connectivity index (χ2v) is 7.10. The standard InChI is InChI=1S/C15H24ClN3OS.HI/c1-3-17-15(19(2)10-12-7-9-20-11-12)18-8-6-13-4-5-14(16)21-13;/h4-5,12H,3,6-11H2,1-2H3,(H,17,18);1H. The first kappa shape index (κ1) is 20.0. The topological polar surface area (TPSA) is 36.9 Å². The number of thiophene rings is 1. The lowest BCUT2D eigenvalue weighted by molar-refractivity contribution is 0.181. The number of hydrogen-bond donors (Lipinski definition) is 1. The molecule has 1 aromatic rings. The molecule has 7 heteroatoms. The summed E-state index contributed by atoms with van der Waals surface area (Å²) in [5, 5.41) is 3.36. The molecule has 1 atom stereocenters. The van der Waals surface area contributed by atoms with Crippen LogP contribution in [0, 0.1) is 5.92 Å². The van der Waals surface area contributed by atoms with Crippen molar-refractivity contribution in [2.75, 3.05) is 39.9 Å². The van der Waals surface area contributed by atoms with Gasteiger partial charge in [-0.2, -0.15) is 0 Å². The van der Waals surface area contributed by atoms with Crippen LogP contribution < -0.4 is 5.32 Å². The minimum absolute atomic E-state index is 0. The lowest BCUT2D eigenvalue weighted by Crippen LogP contribution is -2.41. The number of guanidine groups is 1. The third kappa shape index (κ3) is 6.60. The van der Waals surface area contributed by atoms with Crippen molar-refractivity contribution in [3.63, 3.8) is 0 Å². The Morgan fingerprint density at radius 2 is 2.36 bits per heavy atom. The maximum atomic E-state index is 5.95. The van der Waals surface area contributed by atoms with Crippen molar-refractivity contribution >= 4 is 52.9 Å². The van der Waals surface area contributed by atoms with Crippen LogP contribution in [0.1, 0.15) is 18.2 Å². The minimum atomic E-state index is 0. The quantitative estimate of drug-likeness (QED) is 0.404. The molecule has 22 heavy (non-hydrogen) atoms. The molecule has 2 rings (SSSR count). The Labute approximate surface area is 159 Å². The van der Waals surface area contributed by atoms with Crippen LogP contribution in [-0.2, 0) is 11.2 Å². The number of nitrogens with zero attached hydrogens (tertiary/aromatic N) is 2. The molecular weight excluding hydrogens is 433 g/mol. The maximum Gasteiger partial charge on any atom is 0.193 e. The molecule has 1 saturated heterocycles. The third-order valence-electron chi connectivity index (χ3n) is 3.50. The van der Waals surface area contributed by atoms with E-state index >= 15 is 0 Å². The highest BCUT2D eigenvalue weighted by atomic mass is 127. The Morgan fingerprint density at radius 1 is 1.55 bits per heavy atom. The van der Waals surface area contributed by atoms with Crippen molar-refractivity contribution in [1.29, 1.82) is 0 Å². The Bertz CT molecular complexity index is 463. The average molecular weight is 458 g/mol. The van der Waals surface area contributed by atoms with E-state index in [4.69, 9.17) is 21.3 Å². The highest BCUT2D eigenvalue weighted by Gasteiger charge is 2.18. The molecule has 0 aromatic carbocycles. The van der Waals surface area contributed by atoms with Gasteiger partial charge >= 0.3 is 0 Å². The van der Waals surface area contributed by atoms with Gasteiger partial charge in [0.05, 0.1) is 10.9 Å².